The van der Waals surface area contributed by atoms with Gasteiger partial charge >= 0.3 is 6.18 Å². The van der Waals surface area contributed by atoms with Crippen molar-refractivity contribution in [3.8, 4) is 11.8 Å². The van der Waals surface area contributed by atoms with Gasteiger partial charge in [0.15, 0.2) is 11.7 Å². The summed E-state index contributed by atoms with van der Waals surface area (Å²) in [6.07, 6.45) is -7.44. The molecule has 0 aliphatic heterocycles. The van der Waals surface area contributed by atoms with Gasteiger partial charge in [-0.05, 0) is 32.0 Å². The van der Waals surface area contributed by atoms with Gasteiger partial charge in [-0.1, -0.05) is 6.07 Å². The number of hydrogen-bond donors (Lipinski definition) is 3. The molecule has 0 aromatic heterocycles. The van der Waals surface area contributed by atoms with Crippen molar-refractivity contribution in [3.05, 3.63) is 64.7 Å². The minimum atomic E-state index is -4.92. The molecular weight excluding hydrogens is 472 g/mol. The topological polar surface area (TPSA) is 111 Å². The van der Waals surface area contributed by atoms with Crippen LogP contribution in [-0.2, 0) is 4.79 Å². The smallest absolute Gasteiger partial charge is 0.425 e. The van der Waals surface area contributed by atoms with Gasteiger partial charge in [-0.25, -0.2) is 13.2 Å². The average molecular weight is 487 g/mol. The van der Waals surface area contributed by atoms with E-state index in [2.05, 4.69) is 0 Å². The number of carbonyl (C=O) groups excluding carboxylic acids is 2. The van der Waals surface area contributed by atoms with Gasteiger partial charge in [-0.2, -0.15) is 18.4 Å². The second-order valence-electron chi connectivity index (χ2n) is 6.71. The Bertz CT molecular complexity index is 1180. The molecule has 0 aliphatic rings. The molecule has 1 atom stereocenters. The molecule has 0 spiro atoms. The van der Waals surface area contributed by atoms with Crippen LogP contribution in [0.5, 0.6) is 5.75 Å². The van der Waals surface area contributed by atoms with Crippen LogP contribution in [0, 0.1) is 28.8 Å². The average Bonchev–Trinajstić information content (AvgIpc) is 2.72. The highest BCUT2D eigenvalue weighted by Gasteiger charge is 2.39. The number of hydrogen-bond acceptors (Lipinski definition) is 5. The maximum Gasteiger partial charge on any atom is 0.425 e. The number of allylic oxidation sites excluding steroid dienone is 1. The highest BCUT2D eigenvalue weighted by molar-refractivity contribution is 6.09. The summed E-state index contributed by atoms with van der Waals surface area (Å²) >= 11 is 0. The first kappa shape index (κ1) is 26.0. The Kier molecular flexibility index (Phi) is 7.78. The lowest BCUT2D eigenvalue weighted by atomic mass is 10.1. The van der Waals surface area contributed by atoms with Crippen molar-refractivity contribution in [1.82, 2.24) is 0 Å². The van der Waals surface area contributed by atoms with E-state index in [0.717, 1.165) is 25.1 Å². The van der Waals surface area contributed by atoms with Gasteiger partial charge < -0.3 is 20.5 Å². The number of para-hydroxylation sites is 1. The molecule has 0 saturated carbocycles. The summed E-state index contributed by atoms with van der Waals surface area (Å²) in [5.41, 5.74) is -3.45. The van der Waals surface area contributed by atoms with Gasteiger partial charge in [-0.3, -0.25) is 9.59 Å². The van der Waals surface area contributed by atoms with Crippen LogP contribution in [0.15, 0.2) is 41.7 Å². The maximum absolute atomic E-state index is 14.6. The monoisotopic (exact) mass is 487 g/mol. The fourth-order valence-electron chi connectivity index (χ4n) is 2.46. The third-order valence-electron chi connectivity index (χ3n) is 4.23. The molecule has 34 heavy (non-hydrogen) atoms. The molecule has 0 aliphatic carbocycles. The number of nitrogens with one attached hydrogen (secondary N) is 2. The summed E-state index contributed by atoms with van der Waals surface area (Å²) in [4.78, 5) is 24.6. The van der Waals surface area contributed by atoms with E-state index < -0.39 is 75.6 Å². The molecule has 0 unspecified atom stereocenters. The number of alkyl halides is 3. The number of halogens is 6. The number of ether oxygens (including phenoxy) is 1. The Balaban J connectivity index is 2.54. The number of nitrogens with zero attached hydrogens (tertiary/aromatic N) is 1. The highest BCUT2D eigenvalue weighted by atomic mass is 19.4. The van der Waals surface area contributed by atoms with Crippen molar-refractivity contribution in [2.75, 3.05) is 10.6 Å². The molecule has 2 rings (SSSR count). The fourth-order valence-corrected chi connectivity index (χ4v) is 2.46. The van der Waals surface area contributed by atoms with Gasteiger partial charge in [0.05, 0.1) is 11.3 Å². The summed E-state index contributed by atoms with van der Waals surface area (Å²) in [7, 11) is 0. The molecule has 0 saturated heterocycles. The van der Waals surface area contributed by atoms with Gasteiger partial charge in [-0.15, -0.1) is 0 Å². The van der Waals surface area contributed by atoms with E-state index in [1.165, 1.54) is 6.07 Å². The van der Waals surface area contributed by atoms with E-state index in [1.807, 2.05) is 5.32 Å². The molecule has 2 aromatic rings. The number of rotatable bonds is 6. The van der Waals surface area contributed by atoms with Gasteiger partial charge in [0.25, 0.3) is 11.8 Å². The van der Waals surface area contributed by atoms with Gasteiger partial charge in [0.1, 0.15) is 40.7 Å². The fraction of sp³-hybridized carbons (Fsp3) is 0.190. The predicted molar refractivity (Wildman–Crippen MR) is 106 cm³/mol. The molecule has 13 heteroatoms. The summed E-state index contributed by atoms with van der Waals surface area (Å²) in [6, 6.07) is 4.82. The largest absolute Gasteiger partial charge is 0.511 e. The lowest BCUT2D eigenvalue weighted by Crippen LogP contribution is -2.32. The SMILES string of the molecule is C/C(O)=C(\C#N)C(=O)Nc1cc(O[C@@H](C)C(F)(F)F)c(C(=O)Nc2c(F)cccc2F)cc1F. The van der Waals surface area contributed by atoms with Crippen molar-refractivity contribution in [2.24, 2.45) is 0 Å². The number of nitriles is 1. The van der Waals surface area contributed by atoms with Crippen LogP contribution in [0.25, 0.3) is 0 Å². The van der Waals surface area contributed by atoms with E-state index in [9.17, 15) is 41.0 Å². The van der Waals surface area contributed by atoms with Crippen LogP contribution in [-0.4, -0.2) is 29.2 Å². The summed E-state index contributed by atoms with van der Waals surface area (Å²) in [5, 5.41) is 21.9. The Hall–Kier alpha value is -4.21. The number of aliphatic hydroxyl groups is 1. The minimum absolute atomic E-state index is 0.365. The zero-order valence-corrected chi connectivity index (χ0v) is 17.4. The molecular formula is C21H15F6N3O4. The van der Waals surface area contributed by atoms with E-state index in [-0.39, 0.29) is 0 Å². The van der Waals surface area contributed by atoms with Crippen molar-refractivity contribution < 1.29 is 45.8 Å². The summed E-state index contributed by atoms with van der Waals surface area (Å²) in [6.45, 7) is 1.56. The van der Waals surface area contributed by atoms with Crippen molar-refractivity contribution in [2.45, 2.75) is 26.1 Å². The molecule has 7 nitrogen and oxygen atoms in total. The standard InChI is InChI=1S/C21H15F6N3O4/c1-9(31)12(8-28)20(33)29-16-7-17(34-10(2)21(25,26)27)11(6-15(16)24)19(32)30-18-13(22)4-3-5-14(18)23/h3-7,10,31H,1-2H3,(H,29,33)(H,30,32)/b12-9-/t10-/m0/s1. The zero-order chi connectivity index (χ0) is 25.8. The number of anilines is 2. The molecule has 0 radical (unpaired) electrons. The second kappa shape index (κ2) is 10.2. The predicted octanol–water partition coefficient (Wildman–Crippen LogP) is 4.98. The van der Waals surface area contributed by atoms with Crippen molar-refractivity contribution >= 4 is 23.2 Å². The van der Waals surface area contributed by atoms with Gasteiger partial charge in [0.2, 0.25) is 0 Å². The van der Waals surface area contributed by atoms with Gasteiger partial charge in [0, 0.05) is 6.07 Å². The molecule has 3 N–H and O–H groups in total. The van der Waals surface area contributed by atoms with Crippen LogP contribution >= 0.6 is 0 Å². The third kappa shape index (κ3) is 5.97. The Morgan fingerprint density at radius 1 is 1.09 bits per heavy atom. The Morgan fingerprint density at radius 2 is 1.68 bits per heavy atom. The molecule has 0 fully saturated rings. The Morgan fingerprint density at radius 3 is 2.18 bits per heavy atom. The normalized spacial score (nSPS) is 12.8. The highest BCUT2D eigenvalue weighted by Crippen LogP contribution is 2.32. The first-order valence-corrected chi connectivity index (χ1v) is 9.19. The quantitative estimate of drug-likeness (QED) is 0.230. The number of aliphatic hydroxyl groups excluding tert-OH is 1. The van der Waals surface area contributed by atoms with Crippen LogP contribution in [0.1, 0.15) is 24.2 Å². The van der Waals surface area contributed by atoms with E-state index in [1.54, 1.807) is 5.32 Å². The third-order valence-corrected chi connectivity index (χ3v) is 4.23. The second-order valence-corrected chi connectivity index (χ2v) is 6.71. The minimum Gasteiger partial charge on any atom is -0.511 e. The molecule has 2 amide bonds. The summed E-state index contributed by atoms with van der Waals surface area (Å²) < 4.78 is 86.1. The lowest BCUT2D eigenvalue weighted by molar-refractivity contribution is -0.189. The van der Waals surface area contributed by atoms with Crippen LogP contribution < -0.4 is 15.4 Å². The Labute approximate surface area is 188 Å². The van der Waals surface area contributed by atoms with E-state index >= 15 is 0 Å². The van der Waals surface area contributed by atoms with E-state index in [4.69, 9.17) is 10.00 Å². The van der Waals surface area contributed by atoms with Crippen LogP contribution in [0.3, 0.4) is 0 Å². The number of benzene rings is 2. The summed E-state index contributed by atoms with van der Waals surface area (Å²) in [5.74, 6) is -8.13. The number of carbonyl (C=O) groups is 2. The zero-order valence-electron chi connectivity index (χ0n) is 17.4. The van der Waals surface area contributed by atoms with Crippen LogP contribution in [0.4, 0.5) is 37.7 Å². The molecule has 0 heterocycles. The molecule has 180 valence electrons. The van der Waals surface area contributed by atoms with Crippen molar-refractivity contribution in [3.63, 3.8) is 0 Å². The lowest BCUT2D eigenvalue weighted by Gasteiger charge is -2.21. The number of amides is 2. The first-order valence-electron chi connectivity index (χ1n) is 9.19. The van der Waals surface area contributed by atoms with Crippen molar-refractivity contribution in [1.29, 1.82) is 5.26 Å². The first-order chi connectivity index (χ1) is 15.8. The van der Waals surface area contributed by atoms with E-state index in [0.29, 0.717) is 19.1 Å². The maximum atomic E-state index is 14.6. The molecule has 0 bridgehead atoms. The van der Waals surface area contributed by atoms with Crippen LogP contribution in [0.2, 0.25) is 0 Å². The molecule has 2 aromatic carbocycles.